The number of hydrogen-bond donors (Lipinski definition) is 1. The second-order valence-electron chi connectivity index (χ2n) is 6.35. The summed E-state index contributed by atoms with van der Waals surface area (Å²) in [7, 11) is 1.92. The van der Waals surface area contributed by atoms with E-state index in [1.807, 2.05) is 36.1 Å². The summed E-state index contributed by atoms with van der Waals surface area (Å²) in [6.45, 7) is -0.0199. The van der Waals surface area contributed by atoms with Crippen molar-refractivity contribution in [1.82, 2.24) is 24.6 Å². The molecular weight excluding hydrogens is 318 g/mol. The van der Waals surface area contributed by atoms with Crippen molar-refractivity contribution in [3.8, 4) is 0 Å². The molecule has 3 aromatic rings. The molecule has 1 aromatic carbocycles. The summed E-state index contributed by atoms with van der Waals surface area (Å²) in [4.78, 5) is 28.9. The molecule has 0 bridgehead atoms. The van der Waals surface area contributed by atoms with Crippen LogP contribution in [0.3, 0.4) is 0 Å². The van der Waals surface area contributed by atoms with Gasteiger partial charge in [0.2, 0.25) is 5.91 Å². The molecule has 1 aliphatic rings. The molecule has 1 aliphatic carbocycles. The largest absolute Gasteiger partial charge is 0.348 e. The van der Waals surface area contributed by atoms with Gasteiger partial charge in [-0.2, -0.15) is 5.10 Å². The topological polar surface area (TPSA) is 81.8 Å². The van der Waals surface area contributed by atoms with Crippen LogP contribution in [0.15, 0.2) is 41.5 Å². The minimum absolute atomic E-state index is 0.0199. The molecule has 0 radical (unpaired) electrons. The zero-order chi connectivity index (χ0) is 17.4. The van der Waals surface area contributed by atoms with E-state index < -0.39 is 0 Å². The van der Waals surface area contributed by atoms with E-state index >= 15 is 0 Å². The van der Waals surface area contributed by atoms with Crippen LogP contribution in [-0.2, 0) is 24.8 Å². The van der Waals surface area contributed by atoms with Gasteiger partial charge in [-0.25, -0.2) is 4.98 Å². The van der Waals surface area contributed by atoms with E-state index in [-0.39, 0.29) is 24.1 Å². The Bertz CT molecular complexity index is 1000. The van der Waals surface area contributed by atoms with Crippen LogP contribution in [0.25, 0.3) is 11.0 Å². The molecule has 0 saturated carbocycles. The molecule has 2 heterocycles. The van der Waals surface area contributed by atoms with E-state index in [1.54, 1.807) is 6.07 Å². The number of rotatable bonds is 3. The van der Waals surface area contributed by atoms with Gasteiger partial charge < -0.3 is 5.32 Å². The van der Waals surface area contributed by atoms with Crippen molar-refractivity contribution in [1.29, 1.82) is 0 Å². The third-order valence-electron chi connectivity index (χ3n) is 4.77. The van der Waals surface area contributed by atoms with E-state index in [9.17, 15) is 9.59 Å². The number of amides is 1. The molecule has 0 spiro atoms. The predicted molar refractivity (Wildman–Crippen MR) is 93.0 cm³/mol. The highest BCUT2D eigenvalue weighted by atomic mass is 16.2. The van der Waals surface area contributed by atoms with Crippen molar-refractivity contribution in [3.63, 3.8) is 0 Å². The van der Waals surface area contributed by atoms with Crippen LogP contribution in [0.2, 0.25) is 0 Å². The van der Waals surface area contributed by atoms with Crippen LogP contribution in [0.1, 0.15) is 30.1 Å². The zero-order valence-corrected chi connectivity index (χ0v) is 14.0. The van der Waals surface area contributed by atoms with E-state index in [4.69, 9.17) is 0 Å². The molecule has 0 aliphatic heterocycles. The molecule has 2 aromatic heterocycles. The third kappa shape index (κ3) is 2.82. The summed E-state index contributed by atoms with van der Waals surface area (Å²) < 4.78 is 3.33. The van der Waals surface area contributed by atoms with Crippen LogP contribution in [-0.4, -0.2) is 25.2 Å². The fraction of sp³-hybridized carbons (Fsp3) is 0.333. The fourth-order valence-electron chi connectivity index (χ4n) is 3.52. The highest BCUT2D eigenvalue weighted by Crippen LogP contribution is 2.29. The number of hydrogen-bond acceptors (Lipinski definition) is 4. The van der Waals surface area contributed by atoms with Crippen LogP contribution in [0.4, 0.5) is 0 Å². The van der Waals surface area contributed by atoms with Crippen molar-refractivity contribution in [2.24, 2.45) is 7.05 Å². The lowest BCUT2D eigenvalue weighted by Crippen LogP contribution is -2.36. The van der Waals surface area contributed by atoms with E-state index in [0.717, 1.165) is 24.8 Å². The number of nitrogens with zero attached hydrogens (tertiary/aromatic N) is 4. The van der Waals surface area contributed by atoms with Gasteiger partial charge in [0.15, 0.2) is 0 Å². The van der Waals surface area contributed by atoms with Gasteiger partial charge >= 0.3 is 0 Å². The maximum atomic E-state index is 12.6. The molecule has 1 atom stereocenters. The van der Waals surface area contributed by atoms with Crippen molar-refractivity contribution >= 4 is 16.9 Å². The number of aryl methyl sites for hydroxylation is 1. The number of benzene rings is 1. The minimum Gasteiger partial charge on any atom is -0.348 e. The number of carbonyl (C=O) groups is 1. The molecule has 4 rings (SSSR count). The summed E-state index contributed by atoms with van der Waals surface area (Å²) in [5.41, 5.74) is 3.33. The highest BCUT2D eigenvalue weighted by molar-refractivity contribution is 5.80. The maximum absolute atomic E-state index is 12.6. The monoisotopic (exact) mass is 337 g/mol. The lowest BCUT2D eigenvalue weighted by atomic mass is 9.93. The molecule has 0 saturated heterocycles. The number of aromatic nitrogens is 4. The van der Waals surface area contributed by atoms with Gasteiger partial charge in [0.25, 0.3) is 5.56 Å². The van der Waals surface area contributed by atoms with Crippen molar-refractivity contribution < 1.29 is 4.79 Å². The summed E-state index contributed by atoms with van der Waals surface area (Å²) in [6, 6.07) is 7.27. The van der Waals surface area contributed by atoms with Crippen molar-refractivity contribution in [2.45, 2.75) is 31.8 Å². The summed E-state index contributed by atoms with van der Waals surface area (Å²) in [5, 5.41) is 7.35. The summed E-state index contributed by atoms with van der Waals surface area (Å²) >= 11 is 0. The van der Waals surface area contributed by atoms with Gasteiger partial charge in [-0.3, -0.25) is 18.8 Å². The molecule has 1 N–H and O–H groups in total. The highest BCUT2D eigenvalue weighted by Gasteiger charge is 2.25. The van der Waals surface area contributed by atoms with Gasteiger partial charge in [0, 0.05) is 18.3 Å². The zero-order valence-electron chi connectivity index (χ0n) is 14.0. The van der Waals surface area contributed by atoms with E-state index in [1.165, 1.54) is 16.5 Å². The molecule has 128 valence electrons. The molecule has 0 unspecified atom stereocenters. The van der Waals surface area contributed by atoms with Crippen LogP contribution in [0, 0.1) is 0 Å². The smallest absolute Gasteiger partial charge is 0.269 e. The van der Waals surface area contributed by atoms with E-state index in [2.05, 4.69) is 15.4 Å². The van der Waals surface area contributed by atoms with Crippen molar-refractivity contribution in [3.05, 3.63) is 58.3 Å². The first-order valence-electron chi connectivity index (χ1n) is 8.38. The second-order valence-corrected chi connectivity index (χ2v) is 6.35. The molecule has 1 amide bonds. The maximum Gasteiger partial charge on any atom is 0.269 e. The Morgan fingerprint density at radius 2 is 2.16 bits per heavy atom. The molecule has 7 heteroatoms. The van der Waals surface area contributed by atoms with Gasteiger partial charge in [0.1, 0.15) is 6.54 Å². The Morgan fingerprint density at radius 1 is 1.32 bits per heavy atom. The fourth-order valence-corrected chi connectivity index (χ4v) is 3.52. The first-order valence-corrected chi connectivity index (χ1v) is 8.38. The molecule has 25 heavy (non-hydrogen) atoms. The number of nitrogens with one attached hydrogen (secondary N) is 1. The quantitative estimate of drug-likeness (QED) is 0.781. The second kappa shape index (κ2) is 6.16. The lowest BCUT2D eigenvalue weighted by Gasteiger charge is -2.24. The summed E-state index contributed by atoms with van der Waals surface area (Å²) in [5.74, 6) is -0.180. The van der Waals surface area contributed by atoms with Crippen molar-refractivity contribution in [2.75, 3.05) is 0 Å². The number of carbonyl (C=O) groups excluding carboxylic acids is 1. The van der Waals surface area contributed by atoms with Gasteiger partial charge in [-0.15, -0.1) is 0 Å². The Morgan fingerprint density at radius 3 is 3.04 bits per heavy atom. The lowest BCUT2D eigenvalue weighted by molar-refractivity contribution is -0.122. The van der Waals surface area contributed by atoms with Gasteiger partial charge in [-0.05, 0) is 31.4 Å². The first-order chi connectivity index (χ1) is 12.1. The Labute approximate surface area is 144 Å². The van der Waals surface area contributed by atoms with Crippen LogP contribution >= 0.6 is 0 Å². The third-order valence-corrected chi connectivity index (χ3v) is 4.77. The van der Waals surface area contributed by atoms with Gasteiger partial charge in [0.05, 0.1) is 29.5 Å². The Kier molecular flexibility index (Phi) is 3.83. The molecule has 0 fully saturated rings. The Hall–Kier alpha value is -2.96. The summed E-state index contributed by atoms with van der Waals surface area (Å²) in [6.07, 6.45) is 5.96. The average molecular weight is 337 g/mol. The van der Waals surface area contributed by atoms with E-state index in [0.29, 0.717) is 11.0 Å². The Balaban J connectivity index is 1.58. The number of fused-ring (bicyclic) bond motifs is 2. The first kappa shape index (κ1) is 15.6. The number of para-hydroxylation sites is 2. The SMILES string of the molecule is Cn1ncc2c1CCC[C@H]2NC(=O)Cn1c(=O)cnc2ccccc21. The minimum atomic E-state index is -0.278. The average Bonchev–Trinajstić information content (AvgIpc) is 3.00. The van der Waals surface area contributed by atoms with Crippen LogP contribution in [0.5, 0.6) is 0 Å². The molecular formula is C18H19N5O2. The predicted octanol–water partition coefficient (Wildman–Crippen LogP) is 1.32. The molecule has 7 nitrogen and oxygen atoms in total. The standard InChI is InChI=1S/C18H19N5O2/c1-22-15-8-4-6-13(12(15)9-20-22)21-17(24)11-23-16-7-3-2-5-14(16)19-10-18(23)25/h2-3,5,7,9-10,13H,4,6,8,11H2,1H3,(H,21,24)/t13-/m1/s1. The van der Waals surface area contributed by atoms with Crippen LogP contribution < -0.4 is 10.9 Å². The van der Waals surface area contributed by atoms with Gasteiger partial charge in [-0.1, -0.05) is 12.1 Å². The normalized spacial score (nSPS) is 16.6.